The van der Waals surface area contributed by atoms with Crippen LogP contribution in [0.5, 0.6) is 23.0 Å². The molecule has 5 heteroatoms. The van der Waals surface area contributed by atoms with E-state index in [-0.39, 0.29) is 29.5 Å². The first-order chi connectivity index (χ1) is 10.5. The van der Waals surface area contributed by atoms with Gasteiger partial charge in [-0.1, -0.05) is 19.1 Å². The van der Waals surface area contributed by atoms with Crippen LogP contribution in [0.15, 0.2) is 36.4 Å². The molecular formula is C17H18O5. The van der Waals surface area contributed by atoms with Crippen molar-refractivity contribution >= 4 is 5.78 Å². The molecule has 0 aliphatic rings. The molecule has 0 saturated carbocycles. The summed E-state index contributed by atoms with van der Waals surface area (Å²) in [5.74, 6) is -0.702. The van der Waals surface area contributed by atoms with Gasteiger partial charge in [0, 0.05) is 29.7 Å². The zero-order valence-corrected chi connectivity index (χ0v) is 12.4. The third-order valence-electron chi connectivity index (χ3n) is 3.52. The average molecular weight is 302 g/mol. The number of aromatic hydroxyl groups is 3. The minimum absolute atomic E-state index is 0.0261. The lowest BCUT2D eigenvalue weighted by molar-refractivity contribution is -0.119. The van der Waals surface area contributed by atoms with Gasteiger partial charge in [0.1, 0.15) is 28.8 Å². The summed E-state index contributed by atoms with van der Waals surface area (Å²) in [7, 11) is 1.45. The fourth-order valence-corrected chi connectivity index (χ4v) is 2.43. The van der Waals surface area contributed by atoms with Gasteiger partial charge < -0.3 is 20.1 Å². The van der Waals surface area contributed by atoms with E-state index < -0.39 is 5.92 Å². The van der Waals surface area contributed by atoms with E-state index in [1.165, 1.54) is 37.4 Å². The summed E-state index contributed by atoms with van der Waals surface area (Å²) in [6.07, 6.45) is 0.273. The normalized spacial score (nSPS) is 11.9. The lowest BCUT2D eigenvalue weighted by Crippen LogP contribution is -2.14. The Hall–Kier alpha value is -2.69. The van der Waals surface area contributed by atoms with E-state index in [0.29, 0.717) is 16.9 Å². The fraction of sp³-hybridized carbons (Fsp3) is 0.235. The molecule has 0 amide bonds. The molecule has 0 saturated heterocycles. The van der Waals surface area contributed by atoms with Crippen LogP contribution >= 0.6 is 0 Å². The summed E-state index contributed by atoms with van der Waals surface area (Å²) in [4.78, 5) is 12.4. The second-order valence-electron chi connectivity index (χ2n) is 4.92. The summed E-state index contributed by atoms with van der Waals surface area (Å²) in [6.45, 7) is 1.74. The largest absolute Gasteiger partial charge is 0.508 e. The molecule has 0 bridgehead atoms. The predicted molar refractivity (Wildman–Crippen MR) is 81.6 cm³/mol. The van der Waals surface area contributed by atoms with E-state index in [2.05, 4.69) is 0 Å². The predicted octanol–water partition coefficient (Wildman–Crippen LogP) is 2.92. The summed E-state index contributed by atoms with van der Waals surface area (Å²) in [5, 5.41) is 29.1. The molecule has 0 radical (unpaired) electrons. The molecule has 0 aliphatic carbocycles. The summed E-state index contributed by atoms with van der Waals surface area (Å²) < 4.78 is 5.24. The lowest BCUT2D eigenvalue weighted by atomic mass is 9.85. The summed E-state index contributed by atoms with van der Waals surface area (Å²) >= 11 is 0. The molecule has 2 rings (SSSR count). The van der Waals surface area contributed by atoms with Crippen molar-refractivity contribution in [3.63, 3.8) is 0 Å². The molecule has 22 heavy (non-hydrogen) atoms. The Bertz CT molecular complexity index is 693. The van der Waals surface area contributed by atoms with Crippen molar-refractivity contribution in [2.24, 2.45) is 0 Å². The molecular weight excluding hydrogens is 284 g/mol. The minimum atomic E-state index is -0.735. The number of Topliss-reactive ketones (excluding diaryl/α,β-unsaturated/α-hetero) is 1. The van der Waals surface area contributed by atoms with Gasteiger partial charge in [-0.25, -0.2) is 0 Å². The number of phenols is 3. The molecule has 2 aromatic carbocycles. The Morgan fingerprint density at radius 2 is 1.64 bits per heavy atom. The van der Waals surface area contributed by atoms with Crippen molar-refractivity contribution in [3.05, 3.63) is 47.5 Å². The Kier molecular flexibility index (Phi) is 4.56. The third kappa shape index (κ3) is 2.98. The van der Waals surface area contributed by atoms with E-state index in [1.807, 2.05) is 0 Å². The number of carbonyl (C=O) groups is 1. The van der Waals surface area contributed by atoms with Crippen molar-refractivity contribution in [1.82, 2.24) is 0 Å². The van der Waals surface area contributed by atoms with Crippen LogP contribution in [0.4, 0.5) is 0 Å². The Morgan fingerprint density at radius 3 is 2.18 bits per heavy atom. The molecule has 0 aliphatic heterocycles. The van der Waals surface area contributed by atoms with E-state index in [9.17, 15) is 20.1 Å². The highest BCUT2D eigenvalue weighted by atomic mass is 16.5. The SMILES string of the molecule is CCC(=O)C(c1ccc(O)cc1O)c1ccc(O)cc1OC. The van der Waals surface area contributed by atoms with E-state index in [4.69, 9.17) is 4.74 Å². The van der Waals surface area contributed by atoms with Gasteiger partial charge in [-0.05, 0) is 12.1 Å². The Labute approximate surface area is 128 Å². The van der Waals surface area contributed by atoms with Crippen molar-refractivity contribution in [1.29, 1.82) is 0 Å². The van der Waals surface area contributed by atoms with Crippen LogP contribution in [-0.4, -0.2) is 28.2 Å². The number of hydrogen-bond acceptors (Lipinski definition) is 5. The lowest BCUT2D eigenvalue weighted by Gasteiger charge is -2.20. The number of carbonyl (C=O) groups excluding carboxylic acids is 1. The van der Waals surface area contributed by atoms with Crippen LogP contribution in [0.2, 0.25) is 0 Å². The van der Waals surface area contributed by atoms with Gasteiger partial charge in [0.2, 0.25) is 0 Å². The highest BCUT2D eigenvalue weighted by Crippen LogP contribution is 2.39. The van der Waals surface area contributed by atoms with Crippen LogP contribution in [0.1, 0.15) is 30.4 Å². The highest BCUT2D eigenvalue weighted by Gasteiger charge is 2.27. The van der Waals surface area contributed by atoms with Gasteiger partial charge in [0.05, 0.1) is 13.0 Å². The standard InChI is InChI=1S/C17H18O5/c1-3-14(20)17(12-6-4-10(18)8-15(12)21)13-7-5-11(19)9-16(13)22-2/h4-9,17-19,21H,3H2,1-2H3. The molecule has 0 aromatic heterocycles. The first kappa shape index (κ1) is 15.7. The van der Waals surface area contributed by atoms with Gasteiger partial charge >= 0.3 is 0 Å². The molecule has 5 nitrogen and oxygen atoms in total. The van der Waals surface area contributed by atoms with E-state index >= 15 is 0 Å². The smallest absolute Gasteiger partial charge is 0.144 e. The van der Waals surface area contributed by atoms with Crippen LogP contribution in [0, 0.1) is 0 Å². The quantitative estimate of drug-likeness (QED) is 0.790. The second-order valence-corrected chi connectivity index (χ2v) is 4.92. The van der Waals surface area contributed by atoms with Crippen molar-refractivity contribution in [2.45, 2.75) is 19.3 Å². The number of ether oxygens (including phenoxy) is 1. The molecule has 1 atom stereocenters. The number of hydrogen-bond donors (Lipinski definition) is 3. The molecule has 0 spiro atoms. The van der Waals surface area contributed by atoms with Gasteiger partial charge in [0.25, 0.3) is 0 Å². The summed E-state index contributed by atoms with van der Waals surface area (Å²) in [5.41, 5.74) is 0.932. The van der Waals surface area contributed by atoms with Crippen molar-refractivity contribution in [2.75, 3.05) is 7.11 Å². The van der Waals surface area contributed by atoms with Crippen LogP contribution < -0.4 is 4.74 Å². The van der Waals surface area contributed by atoms with E-state index in [0.717, 1.165) is 0 Å². The third-order valence-corrected chi connectivity index (χ3v) is 3.52. The maximum absolute atomic E-state index is 12.4. The van der Waals surface area contributed by atoms with Gasteiger partial charge in [-0.3, -0.25) is 4.79 Å². The van der Waals surface area contributed by atoms with Crippen molar-refractivity contribution in [3.8, 4) is 23.0 Å². The van der Waals surface area contributed by atoms with Gasteiger partial charge in [-0.2, -0.15) is 0 Å². The van der Waals surface area contributed by atoms with Crippen molar-refractivity contribution < 1.29 is 24.9 Å². The molecule has 1 unspecified atom stereocenters. The van der Waals surface area contributed by atoms with Gasteiger partial charge in [0.15, 0.2) is 0 Å². The molecule has 0 fully saturated rings. The van der Waals surface area contributed by atoms with Gasteiger partial charge in [-0.15, -0.1) is 0 Å². The first-order valence-electron chi connectivity index (χ1n) is 6.89. The monoisotopic (exact) mass is 302 g/mol. The summed E-state index contributed by atoms with van der Waals surface area (Å²) in [6, 6.07) is 8.60. The minimum Gasteiger partial charge on any atom is -0.508 e. The zero-order chi connectivity index (χ0) is 16.3. The van der Waals surface area contributed by atoms with E-state index in [1.54, 1.807) is 13.0 Å². The molecule has 3 N–H and O–H groups in total. The first-order valence-corrected chi connectivity index (χ1v) is 6.89. The molecule has 2 aromatic rings. The Morgan fingerprint density at radius 1 is 1.05 bits per heavy atom. The number of methoxy groups -OCH3 is 1. The van der Waals surface area contributed by atoms with Crippen LogP contribution in [0.3, 0.4) is 0 Å². The zero-order valence-electron chi connectivity index (χ0n) is 12.4. The van der Waals surface area contributed by atoms with Crippen LogP contribution in [-0.2, 0) is 4.79 Å². The fourth-order valence-electron chi connectivity index (χ4n) is 2.43. The average Bonchev–Trinajstić information content (AvgIpc) is 2.50. The molecule has 116 valence electrons. The molecule has 0 heterocycles. The maximum atomic E-state index is 12.4. The number of ketones is 1. The second kappa shape index (κ2) is 6.39. The maximum Gasteiger partial charge on any atom is 0.144 e. The number of phenolic OH excluding ortho intramolecular Hbond substituents is 3. The number of benzene rings is 2. The van der Waals surface area contributed by atoms with Crippen LogP contribution in [0.25, 0.3) is 0 Å². The highest BCUT2D eigenvalue weighted by molar-refractivity contribution is 5.90. The Balaban J connectivity index is 2.63. The number of rotatable bonds is 5. The topological polar surface area (TPSA) is 87.0 Å².